The average Bonchev–Trinajstić information content (AvgIpc) is 3.03. The number of aromatic amines is 1. The van der Waals surface area contributed by atoms with Crippen LogP contribution in [0.15, 0.2) is 34.8 Å². The van der Waals surface area contributed by atoms with Gasteiger partial charge in [-0.05, 0) is 25.1 Å². The van der Waals surface area contributed by atoms with Gasteiger partial charge in [-0.1, -0.05) is 28.1 Å². The van der Waals surface area contributed by atoms with Gasteiger partial charge in [-0.2, -0.15) is 5.10 Å². The van der Waals surface area contributed by atoms with Crippen molar-refractivity contribution in [3.8, 4) is 11.3 Å². The number of nitrogens with zero attached hydrogens (tertiary/aromatic N) is 1. The van der Waals surface area contributed by atoms with Gasteiger partial charge in [0.1, 0.15) is 5.69 Å². The molecule has 2 rings (SSSR count). The zero-order valence-electron chi connectivity index (χ0n) is 12.8. The molecule has 1 aromatic heterocycles. The van der Waals surface area contributed by atoms with Crippen molar-refractivity contribution >= 4 is 33.8 Å². The highest BCUT2D eigenvalue weighted by Crippen LogP contribution is 2.20. The molecule has 0 radical (unpaired) electrons. The number of H-pyrrole nitrogens is 1. The molecule has 0 bridgehead atoms. The number of rotatable bonds is 5. The molecule has 3 N–H and O–H groups in total. The number of urea groups is 1. The van der Waals surface area contributed by atoms with Crippen molar-refractivity contribution in [3.05, 3.63) is 40.5 Å². The highest BCUT2D eigenvalue weighted by Gasteiger charge is 2.15. The zero-order valence-corrected chi connectivity index (χ0v) is 14.3. The number of benzene rings is 1. The monoisotopic (exact) mass is 394 g/mol. The fraction of sp³-hybridized carbons (Fsp3) is 0.200. The van der Waals surface area contributed by atoms with Crippen molar-refractivity contribution in [3.63, 3.8) is 0 Å². The van der Waals surface area contributed by atoms with Crippen LogP contribution >= 0.6 is 15.9 Å². The smallest absolute Gasteiger partial charge is 0.356 e. The summed E-state index contributed by atoms with van der Waals surface area (Å²) in [6.45, 7) is 1.53. The van der Waals surface area contributed by atoms with E-state index in [0.29, 0.717) is 12.2 Å². The number of hydrogen-bond acceptors (Lipinski definition) is 5. The molecule has 8 nitrogen and oxygen atoms in total. The van der Waals surface area contributed by atoms with Gasteiger partial charge in [-0.25, -0.2) is 9.59 Å². The Hall–Kier alpha value is -2.68. The van der Waals surface area contributed by atoms with Gasteiger partial charge in [0.2, 0.25) is 0 Å². The number of hydrogen-bond donors (Lipinski definition) is 3. The van der Waals surface area contributed by atoms with Gasteiger partial charge in [0.15, 0.2) is 6.61 Å². The van der Waals surface area contributed by atoms with Crippen molar-refractivity contribution < 1.29 is 19.1 Å². The number of ether oxygens (including phenoxy) is 1. The Morgan fingerprint density at radius 3 is 2.62 bits per heavy atom. The third-order valence-corrected chi connectivity index (χ3v) is 3.39. The van der Waals surface area contributed by atoms with Crippen molar-refractivity contribution in [2.75, 3.05) is 13.2 Å². The molecule has 0 spiro atoms. The minimum atomic E-state index is -0.739. The van der Waals surface area contributed by atoms with Gasteiger partial charge in [0.25, 0.3) is 5.91 Å². The van der Waals surface area contributed by atoms with Crippen LogP contribution in [0.1, 0.15) is 17.4 Å². The normalized spacial score (nSPS) is 10.1. The van der Waals surface area contributed by atoms with Crippen molar-refractivity contribution in [1.29, 1.82) is 0 Å². The molecule has 126 valence electrons. The minimum absolute atomic E-state index is 0.110. The molecule has 0 saturated heterocycles. The molecule has 24 heavy (non-hydrogen) atoms. The molecule has 0 aliphatic heterocycles. The average molecular weight is 395 g/mol. The van der Waals surface area contributed by atoms with Crippen molar-refractivity contribution in [2.45, 2.75) is 6.92 Å². The maximum absolute atomic E-state index is 11.9. The Bertz CT molecular complexity index is 742. The van der Waals surface area contributed by atoms with E-state index in [-0.39, 0.29) is 5.69 Å². The first-order valence-electron chi connectivity index (χ1n) is 7.05. The van der Waals surface area contributed by atoms with Crippen LogP contribution in [0.25, 0.3) is 11.3 Å². The van der Waals surface area contributed by atoms with E-state index < -0.39 is 24.5 Å². The van der Waals surface area contributed by atoms with Gasteiger partial charge in [-0.15, -0.1) is 0 Å². The number of carbonyl (C=O) groups excluding carboxylic acids is 3. The summed E-state index contributed by atoms with van der Waals surface area (Å²) in [4.78, 5) is 34.5. The first-order valence-corrected chi connectivity index (χ1v) is 7.85. The summed E-state index contributed by atoms with van der Waals surface area (Å²) >= 11 is 3.34. The van der Waals surface area contributed by atoms with E-state index in [1.165, 1.54) is 6.07 Å². The Labute approximate surface area is 146 Å². The molecule has 0 fully saturated rings. The zero-order chi connectivity index (χ0) is 17.5. The molecule has 0 aliphatic carbocycles. The standard InChI is InChI=1S/C15H15BrN4O4/c1-2-17-15(23)18-13(21)8-24-14(22)12-7-11(19-20-12)9-3-5-10(16)6-4-9/h3-7H,2,8H2,1H3,(H,19,20)(H2,17,18,21,23). The van der Waals surface area contributed by atoms with Crippen LogP contribution in [-0.4, -0.2) is 41.3 Å². The molecular weight excluding hydrogens is 380 g/mol. The van der Waals surface area contributed by atoms with Crippen molar-refractivity contribution in [1.82, 2.24) is 20.8 Å². The third-order valence-electron chi connectivity index (χ3n) is 2.86. The Morgan fingerprint density at radius 1 is 1.25 bits per heavy atom. The van der Waals surface area contributed by atoms with Gasteiger partial charge in [0.05, 0.1) is 5.69 Å². The largest absolute Gasteiger partial charge is 0.451 e. The lowest BCUT2D eigenvalue weighted by molar-refractivity contribution is -0.123. The van der Waals surface area contributed by atoms with Crippen LogP contribution in [0.5, 0.6) is 0 Å². The molecule has 3 amide bonds. The van der Waals surface area contributed by atoms with Crippen LogP contribution in [0.2, 0.25) is 0 Å². The summed E-state index contributed by atoms with van der Waals surface area (Å²) in [6.07, 6.45) is 0. The second-order valence-electron chi connectivity index (χ2n) is 4.66. The minimum Gasteiger partial charge on any atom is -0.451 e. The number of esters is 1. The Balaban J connectivity index is 1.90. The summed E-state index contributed by atoms with van der Waals surface area (Å²) in [6, 6.07) is 8.27. The van der Waals surface area contributed by atoms with Crippen LogP contribution < -0.4 is 10.6 Å². The van der Waals surface area contributed by atoms with Crippen LogP contribution in [0.4, 0.5) is 4.79 Å². The number of amides is 3. The summed E-state index contributed by atoms with van der Waals surface area (Å²) in [5, 5.41) is 11.0. The molecule has 0 saturated carbocycles. The van der Waals surface area contributed by atoms with Gasteiger partial charge < -0.3 is 10.1 Å². The molecule has 0 aliphatic rings. The SMILES string of the molecule is CCNC(=O)NC(=O)COC(=O)c1cc(-c2ccc(Br)cc2)n[nH]1. The van der Waals surface area contributed by atoms with E-state index in [2.05, 4.69) is 31.4 Å². The number of imide groups is 1. The maximum Gasteiger partial charge on any atom is 0.356 e. The molecule has 1 heterocycles. The number of aromatic nitrogens is 2. The second-order valence-corrected chi connectivity index (χ2v) is 5.57. The Morgan fingerprint density at radius 2 is 1.96 bits per heavy atom. The van der Waals surface area contributed by atoms with E-state index >= 15 is 0 Å². The van der Waals surface area contributed by atoms with Gasteiger partial charge in [-0.3, -0.25) is 15.2 Å². The maximum atomic E-state index is 11.9. The first-order chi connectivity index (χ1) is 11.5. The summed E-state index contributed by atoms with van der Waals surface area (Å²) in [5.41, 5.74) is 1.50. The second kappa shape index (κ2) is 8.25. The van der Waals surface area contributed by atoms with Crippen LogP contribution in [0.3, 0.4) is 0 Å². The highest BCUT2D eigenvalue weighted by molar-refractivity contribution is 9.10. The van der Waals surface area contributed by atoms with Crippen LogP contribution in [-0.2, 0) is 9.53 Å². The summed E-state index contributed by atoms with van der Waals surface area (Å²) < 4.78 is 5.76. The first kappa shape index (κ1) is 17.7. The van der Waals surface area contributed by atoms with E-state index in [4.69, 9.17) is 4.74 Å². The fourth-order valence-corrected chi connectivity index (χ4v) is 2.04. The number of halogens is 1. The topological polar surface area (TPSA) is 113 Å². The summed E-state index contributed by atoms with van der Waals surface area (Å²) in [7, 11) is 0. The third kappa shape index (κ3) is 4.92. The molecule has 0 atom stereocenters. The predicted octanol–water partition coefficient (Wildman–Crippen LogP) is 1.84. The molecular formula is C15H15BrN4O4. The number of nitrogens with one attached hydrogen (secondary N) is 3. The van der Waals surface area contributed by atoms with Gasteiger partial charge >= 0.3 is 12.0 Å². The lowest BCUT2D eigenvalue weighted by Gasteiger charge is -2.05. The van der Waals surface area contributed by atoms with E-state index in [1.807, 2.05) is 29.6 Å². The Kier molecular flexibility index (Phi) is 6.07. The van der Waals surface area contributed by atoms with E-state index in [0.717, 1.165) is 10.0 Å². The molecule has 2 aromatic rings. The molecule has 1 aromatic carbocycles. The van der Waals surface area contributed by atoms with Crippen molar-refractivity contribution in [2.24, 2.45) is 0 Å². The van der Waals surface area contributed by atoms with Gasteiger partial charge in [0, 0.05) is 16.6 Å². The van der Waals surface area contributed by atoms with Crippen LogP contribution in [0, 0.1) is 0 Å². The lowest BCUT2D eigenvalue weighted by atomic mass is 10.1. The van der Waals surface area contributed by atoms with E-state index in [1.54, 1.807) is 6.92 Å². The summed E-state index contributed by atoms with van der Waals surface area (Å²) in [5.74, 6) is -1.46. The predicted molar refractivity (Wildman–Crippen MR) is 89.2 cm³/mol. The molecule has 0 unspecified atom stereocenters. The highest BCUT2D eigenvalue weighted by atomic mass is 79.9. The quantitative estimate of drug-likeness (QED) is 0.669. The lowest BCUT2D eigenvalue weighted by Crippen LogP contribution is -2.41. The number of carbonyl (C=O) groups is 3. The fourth-order valence-electron chi connectivity index (χ4n) is 1.77. The van der Waals surface area contributed by atoms with E-state index in [9.17, 15) is 14.4 Å². The molecule has 9 heteroatoms.